The molecule has 2 amide bonds. The van der Waals surface area contributed by atoms with E-state index >= 15 is 0 Å². The largest absolute Gasteiger partial charge is 0.337 e. The third kappa shape index (κ3) is 3.72. The number of carbonyl (C=O) groups excluding carboxylic acids is 2. The number of anilines is 1. The third-order valence-corrected chi connectivity index (χ3v) is 6.66. The van der Waals surface area contributed by atoms with Gasteiger partial charge in [0, 0.05) is 24.6 Å². The van der Waals surface area contributed by atoms with E-state index in [1.807, 2.05) is 0 Å². The van der Waals surface area contributed by atoms with Crippen LogP contribution in [0.5, 0.6) is 0 Å². The average Bonchev–Trinajstić information content (AvgIpc) is 2.96. The van der Waals surface area contributed by atoms with Crippen molar-refractivity contribution in [3.63, 3.8) is 0 Å². The van der Waals surface area contributed by atoms with Crippen molar-refractivity contribution < 1.29 is 18.0 Å². The molecule has 0 aliphatic carbocycles. The van der Waals surface area contributed by atoms with Gasteiger partial charge < -0.3 is 10.2 Å². The van der Waals surface area contributed by atoms with E-state index < -0.39 is 15.7 Å². The van der Waals surface area contributed by atoms with Gasteiger partial charge in [-0.3, -0.25) is 9.59 Å². The first kappa shape index (κ1) is 19.1. The number of hydrogen-bond donors (Lipinski definition) is 1. The van der Waals surface area contributed by atoms with Crippen LogP contribution in [0.4, 0.5) is 5.00 Å². The average molecular weight is 403 g/mol. The third-order valence-electron chi connectivity index (χ3n) is 4.37. The highest BCUT2D eigenvalue weighted by atomic mass is 32.2. The first-order chi connectivity index (χ1) is 12.7. The van der Waals surface area contributed by atoms with Crippen molar-refractivity contribution in [3.05, 3.63) is 45.8 Å². The number of nitrogens with one attached hydrogen (secondary N) is 1. The Morgan fingerprint density at radius 2 is 2.00 bits per heavy atom. The van der Waals surface area contributed by atoms with E-state index in [0.29, 0.717) is 30.1 Å². The molecule has 140 valence electrons. The van der Waals surface area contributed by atoms with Crippen LogP contribution in [0.1, 0.15) is 33.3 Å². The molecule has 0 spiro atoms. The molecule has 9 heteroatoms. The molecule has 0 unspecified atom stereocenters. The van der Waals surface area contributed by atoms with E-state index in [1.165, 1.54) is 30.4 Å². The predicted octanol–water partition coefficient (Wildman–Crippen LogP) is 2.18. The van der Waals surface area contributed by atoms with Crippen LogP contribution in [0.15, 0.2) is 29.2 Å². The number of fused-ring (bicyclic) bond motifs is 1. The van der Waals surface area contributed by atoms with Gasteiger partial charge in [0.2, 0.25) is 5.91 Å². The Kier molecular flexibility index (Phi) is 5.04. The van der Waals surface area contributed by atoms with E-state index in [0.717, 1.165) is 16.7 Å². The minimum atomic E-state index is -3.57. The number of nitriles is 1. The second-order valence-electron chi connectivity index (χ2n) is 6.23. The van der Waals surface area contributed by atoms with Crippen LogP contribution in [0.3, 0.4) is 0 Å². The van der Waals surface area contributed by atoms with Crippen molar-refractivity contribution in [3.8, 4) is 6.07 Å². The number of rotatable bonds is 3. The molecular weight excluding hydrogens is 386 g/mol. The Balaban J connectivity index is 1.95. The molecular formula is C18H17N3O4S2. The Bertz CT molecular complexity index is 1080. The molecule has 0 bridgehead atoms. The smallest absolute Gasteiger partial charge is 0.257 e. The summed E-state index contributed by atoms with van der Waals surface area (Å²) in [6.45, 7) is 2.42. The zero-order chi connectivity index (χ0) is 19.8. The van der Waals surface area contributed by atoms with Gasteiger partial charge in [-0.25, -0.2) is 8.42 Å². The van der Waals surface area contributed by atoms with Gasteiger partial charge in [-0.1, -0.05) is 12.1 Å². The summed E-state index contributed by atoms with van der Waals surface area (Å²) >= 11 is 1.25. The standard InChI is InChI=1S/C18H17N3O4S2/c1-11(22)21-8-7-12-14(9-19)18(26-15(12)10-21)20-17(23)13-5-3-4-6-16(13)27(2,24)25/h3-6H,7-8,10H2,1-2H3,(H,20,23). The molecule has 0 fully saturated rings. The monoisotopic (exact) mass is 403 g/mol. The number of thiophene rings is 1. The molecule has 1 aliphatic heterocycles. The van der Waals surface area contributed by atoms with Crippen molar-refractivity contribution in [2.24, 2.45) is 0 Å². The van der Waals surface area contributed by atoms with Gasteiger partial charge >= 0.3 is 0 Å². The number of sulfone groups is 1. The molecule has 0 atom stereocenters. The minimum Gasteiger partial charge on any atom is -0.337 e. The first-order valence-corrected chi connectivity index (χ1v) is 10.8. The Morgan fingerprint density at radius 1 is 1.30 bits per heavy atom. The molecule has 0 saturated carbocycles. The maximum absolute atomic E-state index is 12.7. The summed E-state index contributed by atoms with van der Waals surface area (Å²) < 4.78 is 23.9. The van der Waals surface area contributed by atoms with Crippen LogP contribution in [0, 0.1) is 11.3 Å². The van der Waals surface area contributed by atoms with Crippen molar-refractivity contribution in [2.45, 2.75) is 24.8 Å². The molecule has 1 aliphatic rings. The minimum absolute atomic E-state index is 0.0284. The van der Waals surface area contributed by atoms with Crippen molar-refractivity contribution >= 4 is 38.0 Å². The van der Waals surface area contributed by atoms with Gasteiger partial charge in [0.05, 0.1) is 22.6 Å². The van der Waals surface area contributed by atoms with E-state index in [9.17, 15) is 23.3 Å². The summed E-state index contributed by atoms with van der Waals surface area (Å²) in [6, 6.07) is 8.06. The van der Waals surface area contributed by atoms with Crippen LogP contribution < -0.4 is 5.32 Å². The number of amides is 2. The number of nitrogens with zero attached hydrogens (tertiary/aromatic N) is 2. The fourth-order valence-electron chi connectivity index (χ4n) is 3.03. The van der Waals surface area contributed by atoms with E-state index in [4.69, 9.17) is 0 Å². The Labute approximate surface area is 161 Å². The highest BCUT2D eigenvalue weighted by Crippen LogP contribution is 2.37. The van der Waals surface area contributed by atoms with Gasteiger partial charge in [0.1, 0.15) is 11.1 Å². The normalized spacial score (nSPS) is 13.6. The summed E-state index contributed by atoms with van der Waals surface area (Å²) in [5.74, 6) is -0.630. The molecule has 27 heavy (non-hydrogen) atoms. The van der Waals surface area contributed by atoms with E-state index in [-0.39, 0.29) is 16.4 Å². The molecule has 0 radical (unpaired) electrons. The lowest BCUT2D eigenvalue weighted by Crippen LogP contribution is -2.33. The molecule has 3 rings (SSSR count). The van der Waals surface area contributed by atoms with Crippen LogP contribution in [-0.4, -0.2) is 37.9 Å². The summed E-state index contributed by atoms with van der Waals surface area (Å²) in [5, 5.41) is 12.6. The van der Waals surface area contributed by atoms with Crippen LogP contribution in [0.25, 0.3) is 0 Å². The lowest BCUT2D eigenvalue weighted by molar-refractivity contribution is -0.129. The maximum atomic E-state index is 12.7. The Hall–Kier alpha value is -2.70. The summed E-state index contributed by atoms with van der Waals surface area (Å²) in [4.78, 5) is 26.8. The predicted molar refractivity (Wildman–Crippen MR) is 101 cm³/mol. The van der Waals surface area contributed by atoms with Crippen molar-refractivity contribution in [1.82, 2.24) is 4.90 Å². The molecule has 2 heterocycles. The van der Waals surface area contributed by atoms with Gasteiger partial charge in [0.15, 0.2) is 9.84 Å². The van der Waals surface area contributed by atoms with E-state index in [1.54, 1.807) is 17.0 Å². The van der Waals surface area contributed by atoms with Gasteiger partial charge in [-0.15, -0.1) is 11.3 Å². The Morgan fingerprint density at radius 3 is 2.63 bits per heavy atom. The highest BCUT2D eigenvalue weighted by molar-refractivity contribution is 7.90. The van der Waals surface area contributed by atoms with E-state index in [2.05, 4.69) is 11.4 Å². The van der Waals surface area contributed by atoms with Gasteiger partial charge in [-0.2, -0.15) is 5.26 Å². The highest BCUT2D eigenvalue weighted by Gasteiger charge is 2.27. The lowest BCUT2D eigenvalue weighted by Gasteiger charge is -2.25. The second-order valence-corrected chi connectivity index (χ2v) is 9.32. The summed E-state index contributed by atoms with van der Waals surface area (Å²) in [6.07, 6.45) is 1.59. The fourth-order valence-corrected chi connectivity index (χ4v) is 5.12. The van der Waals surface area contributed by atoms with Crippen LogP contribution >= 0.6 is 11.3 Å². The van der Waals surface area contributed by atoms with Crippen molar-refractivity contribution in [2.75, 3.05) is 18.1 Å². The van der Waals surface area contributed by atoms with Gasteiger partial charge in [0.25, 0.3) is 5.91 Å². The molecule has 2 aromatic rings. The zero-order valence-corrected chi connectivity index (χ0v) is 16.4. The van der Waals surface area contributed by atoms with Crippen molar-refractivity contribution in [1.29, 1.82) is 5.26 Å². The number of carbonyl (C=O) groups is 2. The number of hydrogen-bond acceptors (Lipinski definition) is 6. The summed E-state index contributed by atoms with van der Waals surface area (Å²) in [7, 11) is -3.57. The summed E-state index contributed by atoms with van der Waals surface area (Å²) in [5.41, 5.74) is 1.25. The molecule has 1 aromatic heterocycles. The quantitative estimate of drug-likeness (QED) is 0.845. The molecule has 1 aromatic carbocycles. The topological polar surface area (TPSA) is 107 Å². The SMILES string of the molecule is CC(=O)N1CCc2c(sc(NC(=O)c3ccccc3S(C)(=O)=O)c2C#N)C1. The molecule has 1 N–H and O–H groups in total. The second kappa shape index (κ2) is 7.13. The van der Waals surface area contributed by atoms with Crippen LogP contribution in [-0.2, 0) is 27.6 Å². The molecule has 7 nitrogen and oxygen atoms in total. The lowest BCUT2D eigenvalue weighted by atomic mass is 10.0. The van der Waals surface area contributed by atoms with Crippen LogP contribution in [0.2, 0.25) is 0 Å². The zero-order valence-electron chi connectivity index (χ0n) is 14.8. The maximum Gasteiger partial charge on any atom is 0.257 e. The number of benzene rings is 1. The van der Waals surface area contributed by atoms with Gasteiger partial charge in [-0.05, 0) is 24.1 Å². The molecule has 0 saturated heterocycles. The fraction of sp³-hybridized carbons (Fsp3) is 0.278. The first-order valence-electron chi connectivity index (χ1n) is 8.13.